The van der Waals surface area contributed by atoms with Gasteiger partial charge in [0.05, 0.1) is 0 Å². The fraction of sp³-hybridized carbons (Fsp3) is 0.600. The standard InChI is InChI=1S/C15H22FN/c1-11-10-14(16)5-4-13(11)6-9-17-12(2)15(3)7-8-15/h4-5,10,12,17H,6-9H2,1-3H3. The van der Waals surface area contributed by atoms with E-state index in [4.69, 9.17) is 0 Å². The molecule has 17 heavy (non-hydrogen) atoms. The van der Waals surface area contributed by atoms with Gasteiger partial charge in [-0.1, -0.05) is 13.0 Å². The number of hydrogen-bond donors (Lipinski definition) is 1. The molecule has 1 unspecified atom stereocenters. The first-order chi connectivity index (χ1) is 8.01. The number of nitrogens with one attached hydrogen (secondary N) is 1. The zero-order chi connectivity index (χ0) is 12.5. The van der Waals surface area contributed by atoms with Crippen molar-refractivity contribution in [2.24, 2.45) is 5.41 Å². The number of hydrogen-bond acceptors (Lipinski definition) is 1. The highest BCUT2D eigenvalue weighted by atomic mass is 19.1. The summed E-state index contributed by atoms with van der Waals surface area (Å²) < 4.78 is 12.9. The third-order valence-corrected chi connectivity index (χ3v) is 4.23. The minimum atomic E-state index is -0.141. The maximum absolute atomic E-state index is 12.9. The summed E-state index contributed by atoms with van der Waals surface area (Å²) in [7, 11) is 0. The van der Waals surface area contributed by atoms with Gasteiger partial charge in [0.15, 0.2) is 0 Å². The van der Waals surface area contributed by atoms with E-state index in [1.165, 1.54) is 18.4 Å². The van der Waals surface area contributed by atoms with E-state index in [2.05, 4.69) is 19.2 Å². The van der Waals surface area contributed by atoms with Gasteiger partial charge in [-0.2, -0.15) is 0 Å². The Hall–Kier alpha value is -0.890. The number of rotatable bonds is 5. The van der Waals surface area contributed by atoms with Crippen LogP contribution in [0.4, 0.5) is 4.39 Å². The van der Waals surface area contributed by atoms with Crippen LogP contribution in [0.15, 0.2) is 18.2 Å². The molecule has 0 amide bonds. The van der Waals surface area contributed by atoms with Crippen LogP contribution in [-0.4, -0.2) is 12.6 Å². The Morgan fingerprint density at radius 1 is 1.41 bits per heavy atom. The van der Waals surface area contributed by atoms with Crippen LogP contribution in [0.3, 0.4) is 0 Å². The molecular weight excluding hydrogens is 213 g/mol. The van der Waals surface area contributed by atoms with Crippen molar-refractivity contribution in [2.75, 3.05) is 6.54 Å². The van der Waals surface area contributed by atoms with Crippen LogP contribution in [0.1, 0.15) is 37.8 Å². The average Bonchev–Trinajstić information content (AvgIpc) is 3.01. The Balaban J connectivity index is 1.81. The zero-order valence-corrected chi connectivity index (χ0v) is 11.0. The Morgan fingerprint density at radius 2 is 2.12 bits per heavy atom. The molecule has 1 aliphatic carbocycles. The van der Waals surface area contributed by atoms with Crippen molar-refractivity contribution >= 4 is 0 Å². The second-order valence-corrected chi connectivity index (χ2v) is 5.65. The minimum Gasteiger partial charge on any atom is -0.313 e. The Bertz CT molecular complexity index is 396. The normalized spacial score (nSPS) is 19.1. The molecule has 1 nitrogen and oxygen atoms in total. The van der Waals surface area contributed by atoms with Crippen LogP contribution < -0.4 is 5.32 Å². The van der Waals surface area contributed by atoms with Crippen LogP contribution in [0.5, 0.6) is 0 Å². The summed E-state index contributed by atoms with van der Waals surface area (Å²) in [6, 6.07) is 5.65. The molecule has 0 heterocycles. The minimum absolute atomic E-state index is 0.141. The van der Waals surface area contributed by atoms with E-state index in [0.29, 0.717) is 11.5 Å². The van der Waals surface area contributed by atoms with E-state index in [-0.39, 0.29) is 5.82 Å². The van der Waals surface area contributed by atoms with E-state index >= 15 is 0 Å². The van der Waals surface area contributed by atoms with Crippen LogP contribution in [0, 0.1) is 18.2 Å². The van der Waals surface area contributed by atoms with E-state index in [1.54, 1.807) is 12.1 Å². The summed E-state index contributed by atoms with van der Waals surface area (Å²) >= 11 is 0. The maximum Gasteiger partial charge on any atom is 0.123 e. The van der Waals surface area contributed by atoms with Gasteiger partial charge in [0, 0.05) is 6.04 Å². The molecule has 0 spiro atoms. The highest BCUT2D eigenvalue weighted by Gasteiger charge is 2.41. The van der Waals surface area contributed by atoms with Crippen LogP contribution in [0.2, 0.25) is 0 Å². The lowest BCUT2D eigenvalue weighted by Gasteiger charge is -2.20. The number of halogens is 1. The van der Waals surface area contributed by atoms with Crippen molar-refractivity contribution < 1.29 is 4.39 Å². The van der Waals surface area contributed by atoms with Gasteiger partial charge in [-0.15, -0.1) is 0 Å². The predicted molar refractivity (Wildman–Crippen MR) is 69.6 cm³/mol. The number of aryl methyl sites for hydroxylation is 1. The molecule has 1 aromatic carbocycles. The van der Waals surface area contributed by atoms with Gasteiger partial charge in [-0.25, -0.2) is 4.39 Å². The SMILES string of the molecule is Cc1cc(F)ccc1CCNC(C)C1(C)CC1. The molecule has 0 aliphatic heterocycles. The first kappa shape index (κ1) is 12.6. The molecule has 0 aromatic heterocycles. The van der Waals surface area contributed by atoms with Gasteiger partial charge in [0.25, 0.3) is 0 Å². The molecule has 1 aromatic rings. The molecule has 1 saturated carbocycles. The van der Waals surface area contributed by atoms with Crippen molar-refractivity contribution in [1.82, 2.24) is 5.32 Å². The number of benzene rings is 1. The van der Waals surface area contributed by atoms with Gasteiger partial charge in [-0.3, -0.25) is 0 Å². The van der Waals surface area contributed by atoms with E-state index in [9.17, 15) is 4.39 Å². The summed E-state index contributed by atoms with van der Waals surface area (Å²) in [5, 5.41) is 3.58. The molecular formula is C15H22FN. The monoisotopic (exact) mass is 235 g/mol. The summed E-state index contributed by atoms with van der Waals surface area (Å²) in [5.74, 6) is -0.141. The first-order valence-corrected chi connectivity index (χ1v) is 6.50. The van der Waals surface area contributed by atoms with E-state index in [1.807, 2.05) is 13.0 Å². The van der Waals surface area contributed by atoms with Crippen molar-refractivity contribution in [1.29, 1.82) is 0 Å². The zero-order valence-electron chi connectivity index (χ0n) is 11.0. The maximum atomic E-state index is 12.9. The largest absolute Gasteiger partial charge is 0.313 e. The molecule has 2 rings (SSSR count). The highest BCUT2D eigenvalue weighted by Crippen LogP contribution is 2.47. The lowest BCUT2D eigenvalue weighted by Crippen LogP contribution is -2.34. The Labute approximate surface area is 103 Å². The summed E-state index contributed by atoms with van der Waals surface area (Å²) in [6.45, 7) is 7.56. The van der Waals surface area contributed by atoms with Crippen LogP contribution >= 0.6 is 0 Å². The van der Waals surface area contributed by atoms with Gasteiger partial charge in [-0.05, 0) is 68.3 Å². The molecule has 94 valence electrons. The third-order valence-electron chi connectivity index (χ3n) is 4.23. The lowest BCUT2D eigenvalue weighted by atomic mass is 10.00. The van der Waals surface area contributed by atoms with Gasteiger partial charge < -0.3 is 5.32 Å². The van der Waals surface area contributed by atoms with Crippen LogP contribution in [0.25, 0.3) is 0 Å². The summed E-state index contributed by atoms with van der Waals surface area (Å²) in [6.07, 6.45) is 3.67. The van der Waals surface area contributed by atoms with Crippen molar-refractivity contribution in [2.45, 2.75) is 46.1 Å². The molecule has 1 atom stereocenters. The Morgan fingerprint density at radius 3 is 2.71 bits per heavy atom. The lowest BCUT2D eigenvalue weighted by molar-refractivity contribution is 0.383. The fourth-order valence-corrected chi connectivity index (χ4v) is 2.24. The fourth-order valence-electron chi connectivity index (χ4n) is 2.24. The quantitative estimate of drug-likeness (QED) is 0.824. The average molecular weight is 235 g/mol. The molecule has 2 heteroatoms. The van der Waals surface area contributed by atoms with Gasteiger partial charge in [0.2, 0.25) is 0 Å². The van der Waals surface area contributed by atoms with Gasteiger partial charge >= 0.3 is 0 Å². The second-order valence-electron chi connectivity index (χ2n) is 5.65. The molecule has 1 aliphatic rings. The van der Waals surface area contributed by atoms with E-state index < -0.39 is 0 Å². The second kappa shape index (κ2) is 4.77. The smallest absolute Gasteiger partial charge is 0.123 e. The molecule has 0 radical (unpaired) electrons. The topological polar surface area (TPSA) is 12.0 Å². The molecule has 1 N–H and O–H groups in total. The molecule has 0 saturated heterocycles. The first-order valence-electron chi connectivity index (χ1n) is 6.50. The predicted octanol–water partition coefficient (Wildman–Crippen LogP) is 3.45. The molecule has 0 bridgehead atoms. The van der Waals surface area contributed by atoms with Crippen LogP contribution in [-0.2, 0) is 6.42 Å². The van der Waals surface area contributed by atoms with Gasteiger partial charge in [0.1, 0.15) is 5.82 Å². The van der Waals surface area contributed by atoms with Crippen molar-refractivity contribution in [3.05, 3.63) is 35.1 Å². The third kappa shape index (κ3) is 3.06. The Kier molecular flexibility index (Phi) is 3.53. The molecule has 1 fully saturated rings. The van der Waals surface area contributed by atoms with Crippen molar-refractivity contribution in [3.8, 4) is 0 Å². The van der Waals surface area contributed by atoms with Crippen molar-refractivity contribution in [3.63, 3.8) is 0 Å². The summed E-state index contributed by atoms with van der Waals surface area (Å²) in [5.41, 5.74) is 2.82. The van der Waals surface area contributed by atoms with E-state index in [0.717, 1.165) is 18.5 Å². The highest BCUT2D eigenvalue weighted by molar-refractivity contribution is 5.26. The summed E-state index contributed by atoms with van der Waals surface area (Å²) in [4.78, 5) is 0.